The van der Waals surface area contributed by atoms with E-state index in [4.69, 9.17) is 4.74 Å². The highest BCUT2D eigenvalue weighted by atomic mass is 16.5. The second kappa shape index (κ2) is 7.80. The van der Waals surface area contributed by atoms with Crippen molar-refractivity contribution in [2.24, 2.45) is 5.92 Å². The Bertz CT molecular complexity index is 633. The van der Waals surface area contributed by atoms with E-state index >= 15 is 0 Å². The van der Waals surface area contributed by atoms with Crippen LogP contribution in [0.25, 0.3) is 10.8 Å². The van der Waals surface area contributed by atoms with Crippen LogP contribution in [-0.2, 0) is 6.54 Å². The topological polar surface area (TPSA) is 24.5 Å². The van der Waals surface area contributed by atoms with Crippen LogP contribution in [0.4, 0.5) is 0 Å². The van der Waals surface area contributed by atoms with Gasteiger partial charge in [-0.2, -0.15) is 0 Å². The van der Waals surface area contributed by atoms with Crippen LogP contribution >= 0.6 is 0 Å². The van der Waals surface area contributed by atoms with Gasteiger partial charge in [0.2, 0.25) is 0 Å². The molecule has 0 spiro atoms. The number of likely N-dealkylation sites (tertiary alicyclic amines) is 1. The molecule has 0 radical (unpaired) electrons. The third-order valence-corrected chi connectivity index (χ3v) is 4.98. The second-order valence-electron chi connectivity index (χ2n) is 6.50. The number of hydrogen-bond acceptors (Lipinski definition) is 3. The Kier molecular flexibility index (Phi) is 5.52. The number of nitrogens with one attached hydrogen (secondary N) is 1. The molecule has 2 aromatic carbocycles. The van der Waals surface area contributed by atoms with Gasteiger partial charge in [0.1, 0.15) is 5.75 Å². The van der Waals surface area contributed by atoms with E-state index in [1.165, 1.54) is 48.8 Å². The lowest BCUT2D eigenvalue weighted by atomic mass is 9.95. The minimum absolute atomic E-state index is 0.846. The fourth-order valence-electron chi connectivity index (χ4n) is 3.59. The molecular formula is C20H28N2O. The summed E-state index contributed by atoms with van der Waals surface area (Å²) in [5, 5.41) is 6.03. The Labute approximate surface area is 139 Å². The van der Waals surface area contributed by atoms with Crippen LogP contribution in [0, 0.1) is 5.92 Å². The van der Waals surface area contributed by atoms with E-state index < -0.39 is 0 Å². The van der Waals surface area contributed by atoms with Gasteiger partial charge in [-0.3, -0.25) is 4.90 Å². The lowest BCUT2D eigenvalue weighted by molar-refractivity contribution is 0.176. The monoisotopic (exact) mass is 312 g/mol. The molecule has 3 rings (SSSR count). The molecule has 1 heterocycles. The summed E-state index contributed by atoms with van der Waals surface area (Å²) >= 11 is 0. The van der Waals surface area contributed by atoms with E-state index in [-0.39, 0.29) is 0 Å². The Morgan fingerprint density at radius 1 is 1.09 bits per heavy atom. The Morgan fingerprint density at radius 2 is 1.83 bits per heavy atom. The highest BCUT2D eigenvalue weighted by molar-refractivity contribution is 5.91. The molecule has 0 bridgehead atoms. The summed E-state index contributed by atoms with van der Waals surface area (Å²) in [5.41, 5.74) is 1.41. The predicted octanol–water partition coefficient (Wildman–Crippen LogP) is 3.67. The number of fused-ring (bicyclic) bond motifs is 1. The molecule has 0 atom stereocenters. The van der Waals surface area contributed by atoms with Crippen LogP contribution in [0.2, 0.25) is 0 Å². The first kappa shape index (κ1) is 16.3. The van der Waals surface area contributed by atoms with Crippen molar-refractivity contribution in [1.29, 1.82) is 0 Å². The Morgan fingerprint density at radius 3 is 2.52 bits per heavy atom. The van der Waals surface area contributed by atoms with Gasteiger partial charge in [0, 0.05) is 11.9 Å². The number of nitrogens with zero attached hydrogens (tertiary/aromatic N) is 1. The summed E-state index contributed by atoms with van der Waals surface area (Å²) < 4.78 is 5.50. The maximum atomic E-state index is 5.50. The van der Waals surface area contributed by atoms with E-state index in [2.05, 4.69) is 53.5 Å². The van der Waals surface area contributed by atoms with Gasteiger partial charge in [-0.1, -0.05) is 37.3 Å². The van der Waals surface area contributed by atoms with Crippen LogP contribution in [0.5, 0.6) is 5.75 Å². The summed E-state index contributed by atoms with van der Waals surface area (Å²) in [6.07, 6.45) is 2.61. The molecule has 23 heavy (non-hydrogen) atoms. The van der Waals surface area contributed by atoms with E-state index in [1.54, 1.807) is 7.11 Å². The number of methoxy groups -OCH3 is 1. The summed E-state index contributed by atoms with van der Waals surface area (Å²) in [7, 11) is 1.75. The van der Waals surface area contributed by atoms with Crippen LogP contribution in [0.1, 0.15) is 25.3 Å². The lowest BCUT2D eigenvalue weighted by Crippen LogP contribution is -2.36. The van der Waals surface area contributed by atoms with Gasteiger partial charge in [0.15, 0.2) is 0 Å². The molecule has 3 nitrogen and oxygen atoms in total. The average molecular weight is 312 g/mol. The Hall–Kier alpha value is -1.58. The SMILES string of the molecule is CCNCC1CCN(Cc2ccc(OC)c3ccccc23)CC1. The van der Waals surface area contributed by atoms with Gasteiger partial charge in [0.05, 0.1) is 7.11 Å². The van der Waals surface area contributed by atoms with Crippen LogP contribution in [0.15, 0.2) is 36.4 Å². The molecular weight excluding hydrogens is 284 g/mol. The number of ether oxygens (including phenoxy) is 1. The first-order valence-electron chi connectivity index (χ1n) is 8.79. The fourth-order valence-corrected chi connectivity index (χ4v) is 3.59. The summed E-state index contributed by atoms with van der Waals surface area (Å²) in [6, 6.07) is 12.9. The van der Waals surface area contributed by atoms with E-state index in [9.17, 15) is 0 Å². The van der Waals surface area contributed by atoms with Crippen molar-refractivity contribution in [2.75, 3.05) is 33.3 Å². The molecule has 2 aromatic rings. The third kappa shape index (κ3) is 3.85. The molecule has 1 N–H and O–H groups in total. The van der Waals surface area contributed by atoms with Crippen LogP contribution < -0.4 is 10.1 Å². The van der Waals surface area contributed by atoms with Gasteiger partial charge in [-0.15, -0.1) is 0 Å². The molecule has 3 heteroatoms. The molecule has 0 unspecified atom stereocenters. The fraction of sp³-hybridized carbons (Fsp3) is 0.500. The molecule has 0 amide bonds. The second-order valence-corrected chi connectivity index (χ2v) is 6.50. The minimum Gasteiger partial charge on any atom is -0.496 e. The minimum atomic E-state index is 0.846. The normalized spacial score (nSPS) is 16.8. The number of rotatable bonds is 6. The summed E-state index contributed by atoms with van der Waals surface area (Å²) in [4.78, 5) is 2.59. The van der Waals surface area contributed by atoms with Gasteiger partial charge in [-0.25, -0.2) is 0 Å². The van der Waals surface area contributed by atoms with Gasteiger partial charge >= 0.3 is 0 Å². The smallest absolute Gasteiger partial charge is 0.126 e. The largest absolute Gasteiger partial charge is 0.496 e. The number of benzene rings is 2. The highest BCUT2D eigenvalue weighted by Gasteiger charge is 2.19. The zero-order chi connectivity index (χ0) is 16.1. The van der Waals surface area contributed by atoms with Gasteiger partial charge in [-0.05, 0) is 62.0 Å². The maximum absolute atomic E-state index is 5.50. The van der Waals surface area contributed by atoms with E-state index in [1.807, 2.05) is 0 Å². The van der Waals surface area contributed by atoms with E-state index in [0.29, 0.717) is 0 Å². The van der Waals surface area contributed by atoms with Crippen molar-refractivity contribution in [1.82, 2.24) is 10.2 Å². The Balaban J connectivity index is 1.68. The zero-order valence-electron chi connectivity index (χ0n) is 14.3. The molecule has 1 aliphatic rings. The van der Waals surface area contributed by atoms with Crippen molar-refractivity contribution in [3.05, 3.63) is 42.0 Å². The standard InChI is InChI=1S/C20H28N2O/c1-3-21-14-16-10-12-22(13-11-16)15-17-8-9-20(23-2)19-7-5-4-6-18(17)19/h4-9,16,21H,3,10-15H2,1-2H3. The van der Waals surface area contributed by atoms with Gasteiger partial charge in [0.25, 0.3) is 0 Å². The van der Waals surface area contributed by atoms with Crippen molar-refractivity contribution in [3.8, 4) is 5.75 Å². The molecule has 1 fully saturated rings. The maximum Gasteiger partial charge on any atom is 0.126 e. The third-order valence-electron chi connectivity index (χ3n) is 4.98. The molecule has 1 aliphatic heterocycles. The van der Waals surface area contributed by atoms with Crippen LogP contribution in [-0.4, -0.2) is 38.2 Å². The van der Waals surface area contributed by atoms with Crippen molar-refractivity contribution in [3.63, 3.8) is 0 Å². The van der Waals surface area contributed by atoms with Crippen molar-refractivity contribution >= 4 is 10.8 Å². The molecule has 0 aliphatic carbocycles. The van der Waals surface area contributed by atoms with Crippen LogP contribution in [0.3, 0.4) is 0 Å². The first-order chi connectivity index (χ1) is 11.3. The number of piperidine rings is 1. The molecule has 1 saturated heterocycles. The average Bonchev–Trinajstić information content (AvgIpc) is 2.61. The summed E-state index contributed by atoms with van der Waals surface area (Å²) in [6.45, 7) is 7.89. The molecule has 0 saturated carbocycles. The molecule has 124 valence electrons. The quantitative estimate of drug-likeness (QED) is 0.881. The van der Waals surface area contributed by atoms with E-state index in [0.717, 1.165) is 24.8 Å². The van der Waals surface area contributed by atoms with Gasteiger partial charge < -0.3 is 10.1 Å². The molecule has 0 aromatic heterocycles. The van der Waals surface area contributed by atoms with Crippen molar-refractivity contribution < 1.29 is 4.74 Å². The summed E-state index contributed by atoms with van der Waals surface area (Å²) in [5.74, 6) is 1.81. The predicted molar refractivity (Wildman–Crippen MR) is 97.0 cm³/mol. The lowest BCUT2D eigenvalue weighted by Gasteiger charge is -2.32. The number of hydrogen-bond donors (Lipinski definition) is 1. The van der Waals surface area contributed by atoms with Crippen molar-refractivity contribution in [2.45, 2.75) is 26.3 Å². The zero-order valence-corrected chi connectivity index (χ0v) is 14.3. The first-order valence-corrected chi connectivity index (χ1v) is 8.79. The highest BCUT2D eigenvalue weighted by Crippen LogP contribution is 2.29.